The molecule has 1 saturated heterocycles. The first-order chi connectivity index (χ1) is 11.4. The Bertz CT molecular complexity index is 469. The zero-order chi connectivity index (χ0) is 19.4. The molecule has 1 fully saturated rings. The first kappa shape index (κ1) is 22.0. The third-order valence-electron chi connectivity index (χ3n) is 6.27. The zero-order valence-corrected chi connectivity index (χ0v) is 17.5. The van der Waals surface area contributed by atoms with Crippen molar-refractivity contribution in [1.29, 1.82) is 0 Å². The van der Waals surface area contributed by atoms with E-state index in [2.05, 4.69) is 41.5 Å². The van der Waals surface area contributed by atoms with E-state index in [1.807, 2.05) is 13.8 Å². The summed E-state index contributed by atoms with van der Waals surface area (Å²) in [6.07, 6.45) is 3.10. The van der Waals surface area contributed by atoms with Crippen LogP contribution in [0.4, 0.5) is 0 Å². The molecule has 0 aromatic rings. The van der Waals surface area contributed by atoms with Gasteiger partial charge in [0.2, 0.25) is 0 Å². The van der Waals surface area contributed by atoms with Crippen LogP contribution in [-0.4, -0.2) is 24.1 Å². The summed E-state index contributed by atoms with van der Waals surface area (Å²) in [7, 11) is 0. The minimum absolute atomic E-state index is 0.167. The van der Waals surface area contributed by atoms with Crippen molar-refractivity contribution >= 4 is 11.9 Å². The van der Waals surface area contributed by atoms with Gasteiger partial charge < -0.3 is 9.47 Å². The van der Waals surface area contributed by atoms with Gasteiger partial charge in [-0.15, -0.1) is 0 Å². The van der Waals surface area contributed by atoms with Gasteiger partial charge in [0.1, 0.15) is 12.2 Å². The van der Waals surface area contributed by atoms with Crippen molar-refractivity contribution in [3.05, 3.63) is 0 Å². The normalized spacial score (nSPS) is 25.7. The Kier molecular flexibility index (Phi) is 7.52. The van der Waals surface area contributed by atoms with Gasteiger partial charge in [0, 0.05) is 6.42 Å². The first-order valence-corrected chi connectivity index (χ1v) is 9.85. The van der Waals surface area contributed by atoms with E-state index in [0.717, 1.165) is 25.7 Å². The highest BCUT2D eigenvalue weighted by Crippen LogP contribution is 2.47. The number of hydrogen-bond donors (Lipinski definition) is 0. The molecule has 1 aliphatic heterocycles. The summed E-state index contributed by atoms with van der Waals surface area (Å²) in [6, 6.07) is 0. The summed E-state index contributed by atoms with van der Waals surface area (Å²) in [5.74, 6) is 0.238. The van der Waals surface area contributed by atoms with E-state index in [1.165, 1.54) is 0 Å². The van der Waals surface area contributed by atoms with Gasteiger partial charge in [0.05, 0.1) is 5.41 Å². The second-order valence-electron chi connectivity index (χ2n) is 9.10. The fraction of sp³-hybridized carbons (Fsp3) is 0.905. The summed E-state index contributed by atoms with van der Waals surface area (Å²) < 4.78 is 11.5. The molecule has 0 bridgehead atoms. The smallest absolute Gasteiger partial charge is 0.312 e. The van der Waals surface area contributed by atoms with Crippen LogP contribution in [0, 0.1) is 22.7 Å². The maximum Gasteiger partial charge on any atom is 0.312 e. The van der Waals surface area contributed by atoms with Gasteiger partial charge in [0.15, 0.2) is 0 Å². The molecule has 1 aliphatic rings. The Morgan fingerprint density at radius 2 is 1.88 bits per heavy atom. The van der Waals surface area contributed by atoms with E-state index in [9.17, 15) is 9.59 Å². The third-order valence-corrected chi connectivity index (χ3v) is 6.27. The number of ether oxygens (including phenoxy) is 2. The standard InChI is InChI=1S/C21H38O4/c1-9-20(6,7)21(8,13-14(2)3)19(23)24-16(5)18-15(4)11-10-12-17(22)25-18/h14-16,18H,9-13H2,1-8H3. The molecule has 4 nitrogen and oxygen atoms in total. The van der Waals surface area contributed by atoms with Crippen LogP contribution in [0.5, 0.6) is 0 Å². The zero-order valence-electron chi connectivity index (χ0n) is 17.5. The number of rotatable bonds is 7. The molecule has 0 spiro atoms. The summed E-state index contributed by atoms with van der Waals surface area (Å²) in [6.45, 7) is 16.6. The molecule has 4 heteroatoms. The molecule has 0 radical (unpaired) electrons. The first-order valence-electron chi connectivity index (χ1n) is 9.85. The molecule has 0 N–H and O–H groups in total. The Balaban J connectivity index is 2.96. The fourth-order valence-corrected chi connectivity index (χ4v) is 3.83. The fourth-order valence-electron chi connectivity index (χ4n) is 3.83. The molecule has 0 aliphatic carbocycles. The topological polar surface area (TPSA) is 52.6 Å². The van der Waals surface area contributed by atoms with E-state index in [0.29, 0.717) is 12.3 Å². The van der Waals surface area contributed by atoms with Crippen molar-refractivity contribution in [3.8, 4) is 0 Å². The summed E-state index contributed by atoms with van der Waals surface area (Å²) in [5.41, 5.74) is -0.734. The van der Waals surface area contributed by atoms with Gasteiger partial charge in [-0.05, 0) is 56.8 Å². The van der Waals surface area contributed by atoms with Gasteiger partial charge in [-0.3, -0.25) is 9.59 Å². The van der Waals surface area contributed by atoms with Crippen molar-refractivity contribution < 1.29 is 19.1 Å². The highest BCUT2D eigenvalue weighted by atomic mass is 16.6. The van der Waals surface area contributed by atoms with E-state index in [4.69, 9.17) is 9.47 Å². The van der Waals surface area contributed by atoms with Crippen molar-refractivity contribution in [3.63, 3.8) is 0 Å². The molecule has 1 heterocycles. The van der Waals surface area contributed by atoms with E-state index < -0.39 is 11.5 Å². The molecule has 25 heavy (non-hydrogen) atoms. The minimum atomic E-state index is -0.567. The Labute approximate surface area is 154 Å². The van der Waals surface area contributed by atoms with Crippen molar-refractivity contribution in [2.45, 2.75) is 99.7 Å². The van der Waals surface area contributed by atoms with Crippen LogP contribution in [0.3, 0.4) is 0 Å². The maximum absolute atomic E-state index is 13.2. The lowest BCUT2D eigenvalue weighted by molar-refractivity contribution is -0.182. The monoisotopic (exact) mass is 354 g/mol. The van der Waals surface area contributed by atoms with Gasteiger partial charge >= 0.3 is 11.9 Å². The Morgan fingerprint density at radius 1 is 1.28 bits per heavy atom. The number of carbonyl (C=O) groups is 2. The number of cyclic esters (lactones) is 1. The van der Waals surface area contributed by atoms with Gasteiger partial charge in [-0.2, -0.15) is 0 Å². The quantitative estimate of drug-likeness (QED) is 0.594. The summed E-state index contributed by atoms with van der Waals surface area (Å²) in [4.78, 5) is 25.0. The van der Waals surface area contributed by atoms with Crippen LogP contribution in [0.2, 0.25) is 0 Å². The number of hydrogen-bond acceptors (Lipinski definition) is 4. The minimum Gasteiger partial charge on any atom is -0.458 e. The van der Waals surface area contributed by atoms with Gasteiger partial charge in [-0.1, -0.05) is 41.5 Å². The highest BCUT2D eigenvalue weighted by molar-refractivity contribution is 5.77. The van der Waals surface area contributed by atoms with Gasteiger partial charge in [-0.25, -0.2) is 0 Å². The van der Waals surface area contributed by atoms with Crippen LogP contribution >= 0.6 is 0 Å². The number of carbonyl (C=O) groups excluding carboxylic acids is 2. The second kappa shape index (κ2) is 8.55. The van der Waals surface area contributed by atoms with Crippen LogP contribution in [-0.2, 0) is 19.1 Å². The predicted octanol–water partition coefficient (Wildman–Crippen LogP) is 5.14. The Morgan fingerprint density at radius 3 is 2.40 bits per heavy atom. The van der Waals surface area contributed by atoms with Gasteiger partial charge in [0.25, 0.3) is 0 Å². The van der Waals surface area contributed by atoms with E-state index in [-0.39, 0.29) is 29.4 Å². The second-order valence-corrected chi connectivity index (χ2v) is 9.10. The molecule has 0 aromatic carbocycles. The van der Waals surface area contributed by atoms with Crippen molar-refractivity contribution in [2.75, 3.05) is 0 Å². The molecule has 146 valence electrons. The summed E-state index contributed by atoms with van der Waals surface area (Å²) >= 11 is 0. The molecule has 0 amide bonds. The average molecular weight is 355 g/mol. The van der Waals surface area contributed by atoms with Crippen molar-refractivity contribution in [2.24, 2.45) is 22.7 Å². The summed E-state index contributed by atoms with van der Waals surface area (Å²) in [5, 5.41) is 0. The van der Waals surface area contributed by atoms with Crippen molar-refractivity contribution in [1.82, 2.24) is 0 Å². The molecule has 0 aromatic heterocycles. The lowest BCUT2D eigenvalue weighted by atomic mass is 9.61. The maximum atomic E-state index is 13.2. The molecular weight excluding hydrogens is 316 g/mol. The van der Waals surface area contributed by atoms with E-state index in [1.54, 1.807) is 0 Å². The average Bonchev–Trinajstić information content (AvgIpc) is 2.67. The number of esters is 2. The Hall–Kier alpha value is -1.06. The molecular formula is C21H38O4. The van der Waals surface area contributed by atoms with E-state index >= 15 is 0 Å². The molecule has 0 saturated carbocycles. The molecule has 4 atom stereocenters. The van der Waals surface area contributed by atoms with Crippen LogP contribution < -0.4 is 0 Å². The lowest BCUT2D eigenvalue weighted by Crippen LogP contribution is -2.47. The lowest BCUT2D eigenvalue weighted by Gasteiger charge is -2.44. The molecule has 1 rings (SSSR count). The van der Waals surface area contributed by atoms with Crippen LogP contribution in [0.15, 0.2) is 0 Å². The highest BCUT2D eigenvalue weighted by Gasteiger charge is 2.48. The largest absolute Gasteiger partial charge is 0.458 e. The predicted molar refractivity (Wildman–Crippen MR) is 100 cm³/mol. The third kappa shape index (κ3) is 5.21. The molecule has 4 unspecified atom stereocenters. The van der Waals surface area contributed by atoms with Crippen LogP contribution in [0.25, 0.3) is 0 Å². The van der Waals surface area contributed by atoms with Crippen LogP contribution in [0.1, 0.15) is 87.5 Å². The SMILES string of the molecule is CCC(C)(C)C(C)(CC(C)C)C(=O)OC(C)C1OC(=O)CCCC1C.